The average molecular weight is 268 g/mol. The van der Waals surface area contributed by atoms with E-state index in [0.29, 0.717) is 5.89 Å². The number of hydrogen-bond acceptors (Lipinski definition) is 4. The summed E-state index contributed by atoms with van der Waals surface area (Å²) in [5.41, 5.74) is -0.0942. The molecule has 1 atom stereocenters. The van der Waals surface area contributed by atoms with E-state index < -0.39 is 6.10 Å². The minimum atomic E-state index is -0.616. The number of carbonyl (C=O) groups excluding carboxylic acids is 1. The predicted molar refractivity (Wildman–Crippen MR) is 72.5 cm³/mol. The zero-order valence-electron chi connectivity index (χ0n) is 12.4. The normalized spacial score (nSPS) is 13.6. The molecule has 0 fully saturated rings. The Labute approximate surface area is 114 Å². The monoisotopic (exact) mass is 268 g/mol. The number of nitrogens with zero attached hydrogens (tertiary/aromatic N) is 1. The summed E-state index contributed by atoms with van der Waals surface area (Å²) < 4.78 is 5.56. The third-order valence-electron chi connectivity index (χ3n) is 2.89. The van der Waals surface area contributed by atoms with Gasteiger partial charge in [-0.15, -0.1) is 0 Å². The molecule has 0 saturated heterocycles. The summed E-state index contributed by atoms with van der Waals surface area (Å²) in [5, 5.41) is 12.3. The number of aliphatic hydroxyl groups is 1. The Morgan fingerprint density at radius 3 is 2.58 bits per heavy atom. The molecule has 108 valence electrons. The summed E-state index contributed by atoms with van der Waals surface area (Å²) in [6.45, 7) is 10.1. The van der Waals surface area contributed by atoms with Crippen LogP contribution in [0.4, 0.5) is 0 Å². The van der Waals surface area contributed by atoms with Crippen molar-refractivity contribution in [1.82, 2.24) is 10.3 Å². The van der Waals surface area contributed by atoms with E-state index in [9.17, 15) is 9.90 Å². The van der Waals surface area contributed by atoms with Crippen molar-refractivity contribution >= 4 is 5.91 Å². The van der Waals surface area contributed by atoms with Gasteiger partial charge < -0.3 is 14.8 Å². The van der Waals surface area contributed by atoms with Crippen molar-refractivity contribution in [3.63, 3.8) is 0 Å². The highest BCUT2D eigenvalue weighted by atomic mass is 16.4. The second-order valence-electron chi connectivity index (χ2n) is 6.16. The van der Waals surface area contributed by atoms with Gasteiger partial charge in [0.05, 0.1) is 25.3 Å². The van der Waals surface area contributed by atoms with Crippen molar-refractivity contribution < 1.29 is 14.3 Å². The van der Waals surface area contributed by atoms with Crippen LogP contribution in [0.2, 0.25) is 0 Å². The van der Waals surface area contributed by atoms with E-state index in [1.807, 2.05) is 34.6 Å². The van der Waals surface area contributed by atoms with Gasteiger partial charge in [-0.05, 0) is 5.92 Å². The van der Waals surface area contributed by atoms with Gasteiger partial charge in [0.1, 0.15) is 5.76 Å². The molecule has 0 aliphatic carbocycles. The quantitative estimate of drug-likeness (QED) is 0.856. The Morgan fingerprint density at radius 1 is 1.47 bits per heavy atom. The van der Waals surface area contributed by atoms with Crippen LogP contribution in [0.5, 0.6) is 0 Å². The summed E-state index contributed by atoms with van der Waals surface area (Å²) in [6, 6.07) is 0. The Kier molecular flexibility index (Phi) is 5.11. The molecule has 1 aromatic heterocycles. The van der Waals surface area contributed by atoms with Crippen molar-refractivity contribution in [3.05, 3.63) is 17.8 Å². The topological polar surface area (TPSA) is 75.4 Å². The summed E-state index contributed by atoms with van der Waals surface area (Å²) >= 11 is 0. The maximum Gasteiger partial charge on any atom is 0.223 e. The fraction of sp³-hybridized carbons (Fsp3) is 0.714. The van der Waals surface area contributed by atoms with E-state index >= 15 is 0 Å². The van der Waals surface area contributed by atoms with Gasteiger partial charge >= 0.3 is 0 Å². The third-order valence-corrected chi connectivity index (χ3v) is 2.89. The van der Waals surface area contributed by atoms with Gasteiger partial charge in [0.2, 0.25) is 11.8 Å². The highest BCUT2D eigenvalue weighted by Crippen LogP contribution is 2.22. The molecule has 5 nitrogen and oxygen atoms in total. The molecule has 1 aromatic rings. The van der Waals surface area contributed by atoms with Gasteiger partial charge in [0.15, 0.2) is 0 Å². The summed E-state index contributed by atoms with van der Waals surface area (Å²) in [4.78, 5) is 15.7. The van der Waals surface area contributed by atoms with Crippen LogP contribution in [0, 0.1) is 5.92 Å². The summed E-state index contributed by atoms with van der Waals surface area (Å²) in [7, 11) is 0. The molecule has 1 heterocycles. The number of aliphatic hydroxyl groups excluding tert-OH is 1. The first-order valence-electron chi connectivity index (χ1n) is 6.60. The van der Waals surface area contributed by atoms with E-state index in [1.54, 1.807) is 6.20 Å². The Bertz CT molecular complexity index is 419. The fourth-order valence-electron chi connectivity index (χ4n) is 1.41. The van der Waals surface area contributed by atoms with Crippen molar-refractivity contribution in [2.75, 3.05) is 0 Å². The first-order valence-corrected chi connectivity index (χ1v) is 6.60. The molecular weight excluding hydrogens is 244 g/mol. The van der Waals surface area contributed by atoms with Crippen LogP contribution in [0.25, 0.3) is 0 Å². The first kappa shape index (κ1) is 15.7. The summed E-state index contributed by atoms with van der Waals surface area (Å²) in [6.07, 6.45) is 1.17. The van der Waals surface area contributed by atoms with Crippen LogP contribution < -0.4 is 5.32 Å². The van der Waals surface area contributed by atoms with Crippen molar-refractivity contribution in [3.8, 4) is 0 Å². The van der Waals surface area contributed by atoms with Gasteiger partial charge in [0, 0.05) is 5.41 Å². The van der Waals surface area contributed by atoms with Crippen LogP contribution in [-0.4, -0.2) is 22.1 Å². The number of oxazole rings is 1. The maximum absolute atomic E-state index is 11.6. The molecule has 1 unspecified atom stereocenters. The van der Waals surface area contributed by atoms with E-state index in [4.69, 9.17) is 4.42 Å². The van der Waals surface area contributed by atoms with Gasteiger partial charge in [-0.2, -0.15) is 0 Å². The molecule has 0 aliphatic heterocycles. The molecule has 0 radical (unpaired) electrons. The number of aromatic nitrogens is 1. The molecule has 0 saturated carbocycles. The highest BCUT2D eigenvalue weighted by Gasteiger charge is 2.19. The van der Waals surface area contributed by atoms with Gasteiger partial charge in [0.25, 0.3) is 0 Å². The number of carbonyl (C=O) groups is 1. The lowest BCUT2D eigenvalue weighted by atomic mass is 9.94. The van der Waals surface area contributed by atoms with Crippen molar-refractivity contribution in [1.29, 1.82) is 0 Å². The zero-order chi connectivity index (χ0) is 14.6. The van der Waals surface area contributed by atoms with Gasteiger partial charge in [-0.25, -0.2) is 4.98 Å². The molecule has 1 amide bonds. The summed E-state index contributed by atoms with van der Waals surface area (Å²) in [5.74, 6) is 1.15. The standard InChI is InChI=1S/C14H24N2O3/c1-9(2)10(17)6-12(18)15-8-13-16-7-11(19-13)14(3,4)5/h7,9-10,17H,6,8H2,1-5H3,(H,15,18). The van der Waals surface area contributed by atoms with Gasteiger partial charge in [-0.1, -0.05) is 34.6 Å². The van der Waals surface area contributed by atoms with Crippen LogP contribution in [-0.2, 0) is 16.8 Å². The van der Waals surface area contributed by atoms with Crippen LogP contribution in [0.15, 0.2) is 10.6 Å². The minimum absolute atomic E-state index is 0.0694. The third kappa shape index (κ3) is 5.03. The number of nitrogens with one attached hydrogen (secondary N) is 1. The lowest BCUT2D eigenvalue weighted by Crippen LogP contribution is -2.29. The van der Waals surface area contributed by atoms with E-state index in [-0.39, 0.29) is 30.2 Å². The van der Waals surface area contributed by atoms with Crippen molar-refractivity contribution in [2.24, 2.45) is 5.92 Å². The molecule has 0 spiro atoms. The Morgan fingerprint density at radius 2 is 2.11 bits per heavy atom. The van der Waals surface area contributed by atoms with Crippen LogP contribution >= 0.6 is 0 Å². The smallest absolute Gasteiger partial charge is 0.223 e. The van der Waals surface area contributed by atoms with E-state index in [0.717, 1.165) is 5.76 Å². The molecule has 2 N–H and O–H groups in total. The molecule has 19 heavy (non-hydrogen) atoms. The predicted octanol–water partition coefficient (Wildman–Crippen LogP) is 2.00. The molecule has 0 aromatic carbocycles. The first-order chi connectivity index (χ1) is 8.70. The Hall–Kier alpha value is -1.36. The SMILES string of the molecule is CC(C)C(O)CC(=O)NCc1ncc(C(C)(C)C)o1. The van der Waals surface area contributed by atoms with E-state index in [1.165, 1.54) is 0 Å². The van der Waals surface area contributed by atoms with Crippen LogP contribution in [0.3, 0.4) is 0 Å². The molecule has 0 bridgehead atoms. The largest absolute Gasteiger partial charge is 0.443 e. The number of hydrogen-bond donors (Lipinski definition) is 2. The van der Waals surface area contributed by atoms with E-state index in [2.05, 4.69) is 10.3 Å². The van der Waals surface area contributed by atoms with Crippen LogP contribution in [0.1, 0.15) is 52.7 Å². The lowest BCUT2D eigenvalue weighted by molar-refractivity contribution is -0.123. The second kappa shape index (κ2) is 6.19. The lowest BCUT2D eigenvalue weighted by Gasteiger charge is -2.14. The highest BCUT2D eigenvalue weighted by molar-refractivity contribution is 5.76. The molecule has 1 rings (SSSR count). The number of rotatable bonds is 5. The Balaban J connectivity index is 2.45. The second-order valence-corrected chi connectivity index (χ2v) is 6.16. The van der Waals surface area contributed by atoms with Crippen molar-refractivity contribution in [2.45, 2.75) is 59.1 Å². The maximum atomic E-state index is 11.6. The minimum Gasteiger partial charge on any atom is -0.443 e. The average Bonchev–Trinajstić information content (AvgIpc) is 2.74. The zero-order valence-corrected chi connectivity index (χ0v) is 12.4. The molecular formula is C14H24N2O3. The molecule has 0 aliphatic rings. The van der Waals surface area contributed by atoms with Gasteiger partial charge in [-0.3, -0.25) is 4.79 Å². The molecule has 5 heteroatoms. The number of amides is 1. The fourth-order valence-corrected chi connectivity index (χ4v) is 1.41.